The van der Waals surface area contributed by atoms with E-state index in [4.69, 9.17) is 9.47 Å². The Bertz CT molecular complexity index is 674. The number of carboxylic acid groups (broad SMARTS) is 1. The lowest BCUT2D eigenvalue weighted by molar-refractivity contribution is -0.310. The van der Waals surface area contributed by atoms with Crippen LogP contribution in [0.15, 0.2) is 18.2 Å². The Labute approximate surface area is 157 Å². The van der Waals surface area contributed by atoms with Gasteiger partial charge >= 0.3 is 0 Å². The minimum atomic E-state index is -1.19. The molecule has 1 heterocycles. The standard InChI is InChI=1S/C19H25NO5S/c1-24-15-9-8-13(10-16(15)25-2)18-20(14(11-26-18)19(22)23)17(21)12-6-4-3-5-7-12/h8-10,12,14,18H,3-7,11H2,1-2H3,(H,22,23)/p-1/t14-,18+/m0/s1. The molecule has 2 atom stereocenters. The largest absolute Gasteiger partial charge is 0.548 e. The zero-order chi connectivity index (χ0) is 18.7. The Hall–Kier alpha value is -1.89. The summed E-state index contributed by atoms with van der Waals surface area (Å²) in [5, 5.41) is 11.3. The number of carbonyl (C=O) groups excluding carboxylic acids is 2. The summed E-state index contributed by atoms with van der Waals surface area (Å²) >= 11 is 1.45. The summed E-state index contributed by atoms with van der Waals surface area (Å²) in [6.45, 7) is 0. The molecule has 7 heteroatoms. The van der Waals surface area contributed by atoms with E-state index in [1.54, 1.807) is 20.3 Å². The van der Waals surface area contributed by atoms with Crippen LogP contribution in [0.1, 0.15) is 43.0 Å². The molecule has 0 aromatic heterocycles. The van der Waals surface area contributed by atoms with Crippen LogP contribution in [-0.4, -0.2) is 42.8 Å². The number of rotatable bonds is 5. The lowest BCUT2D eigenvalue weighted by Crippen LogP contribution is -2.50. The van der Waals surface area contributed by atoms with Crippen molar-refractivity contribution in [1.29, 1.82) is 0 Å². The lowest BCUT2D eigenvalue weighted by Gasteiger charge is -2.34. The maximum atomic E-state index is 13.1. The molecule has 3 rings (SSSR count). The van der Waals surface area contributed by atoms with E-state index in [0.29, 0.717) is 17.3 Å². The number of methoxy groups -OCH3 is 2. The number of amides is 1. The molecule has 142 valence electrons. The highest BCUT2D eigenvalue weighted by Gasteiger charge is 2.41. The van der Waals surface area contributed by atoms with E-state index in [1.165, 1.54) is 16.7 Å². The number of benzene rings is 1. The van der Waals surface area contributed by atoms with Crippen molar-refractivity contribution in [3.05, 3.63) is 23.8 Å². The van der Waals surface area contributed by atoms with Crippen LogP contribution in [0.3, 0.4) is 0 Å². The molecule has 26 heavy (non-hydrogen) atoms. The van der Waals surface area contributed by atoms with Gasteiger partial charge in [0.05, 0.1) is 26.2 Å². The number of nitrogens with zero attached hydrogens (tertiary/aromatic N) is 1. The molecule has 1 amide bonds. The first-order valence-corrected chi connectivity index (χ1v) is 9.98. The minimum Gasteiger partial charge on any atom is -0.548 e. The third-order valence-electron chi connectivity index (χ3n) is 5.17. The highest BCUT2D eigenvalue weighted by Crippen LogP contribution is 2.45. The number of thioether (sulfide) groups is 1. The number of carbonyl (C=O) groups is 2. The second kappa shape index (κ2) is 8.20. The molecule has 0 spiro atoms. The average molecular weight is 378 g/mol. The quantitative estimate of drug-likeness (QED) is 0.780. The van der Waals surface area contributed by atoms with Gasteiger partial charge in [0.15, 0.2) is 11.5 Å². The van der Waals surface area contributed by atoms with Gasteiger partial charge in [0.2, 0.25) is 5.91 Å². The van der Waals surface area contributed by atoms with E-state index in [0.717, 1.165) is 37.7 Å². The van der Waals surface area contributed by atoms with E-state index in [1.807, 2.05) is 12.1 Å². The van der Waals surface area contributed by atoms with Gasteiger partial charge in [-0.15, -0.1) is 11.8 Å². The predicted molar refractivity (Wildman–Crippen MR) is 97.0 cm³/mol. The fourth-order valence-corrected chi connectivity index (χ4v) is 5.19. The molecule has 1 aliphatic heterocycles. The number of aliphatic carboxylic acids is 1. The van der Waals surface area contributed by atoms with Crippen molar-refractivity contribution >= 4 is 23.6 Å². The molecule has 2 fully saturated rings. The summed E-state index contributed by atoms with van der Waals surface area (Å²) in [6, 6.07) is 4.56. The van der Waals surface area contributed by atoms with Gasteiger partial charge in [-0.25, -0.2) is 0 Å². The monoisotopic (exact) mass is 378 g/mol. The van der Waals surface area contributed by atoms with Crippen LogP contribution in [0, 0.1) is 5.92 Å². The molecule has 6 nitrogen and oxygen atoms in total. The number of hydrogen-bond acceptors (Lipinski definition) is 6. The maximum Gasteiger partial charge on any atom is 0.227 e. The van der Waals surface area contributed by atoms with Gasteiger partial charge in [-0.3, -0.25) is 4.79 Å². The van der Waals surface area contributed by atoms with Crippen LogP contribution in [0.25, 0.3) is 0 Å². The highest BCUT2D eigenvalue weighted by atomic mass is 32.2. The summed E-state index contributed by atoms with van der Waals surface area (Å²) in [4.78, 5) is 26.3. The molecule has 1 saturated heterocycles. The van der Waals surface area contributed by atoms with Crippen molar-refractivity contribution in [2.24, 2.45) is 5.92 Å². The second-order valence-corrected chi connectivity index (χ2v) is 7.83. The molecule has 1 aromatic rings. The Morgan fingerprint density at radius 2 is 1.81 bits per heavy atom. The SMILES string of the molecule is COc1ccc([C@H]2SC[C@@H](C(=O)[O-])N2C(=O)C2CCCCC2)cc1OC. The van der Waals surface area contributed by atoms with Gasteiger partial charge in [0.1, 0.15) is 5.37 Å². The summed E-state index contributed by atoms with van der Waals surface area (Å²) < 4.78 is 10.6. The van der Waals surface area contributed by atoms with Crippen LogP contribution in [-0.2, 0) is 9.59 Å². The zero-order valence-corrected chi connectivity index (χ0v) is 15.9. The molecular formula is C19H24NO5S-. The topological polar surface area (TPSA) is 78.9 Å². The van der Waals surface area contributed by atoms with E-state index < -0.39 is 12.0 Å². The van der Waals surface area contributed by atoms with Gasteiger partial charge in [0, 0.05) is 11.7 Å². The molecule has 0 bridgehead atoms. The number of ether oxygens (including phenoxy) is 2. The van der Waals surface area contributed by atoms with Gasteiger partial charge in [-0.2, -0.15) is 0 Å². The van der Waals surface area contributed by atoms with Crippen molar-refractivity contribution in [1.82, 2.24) is 4.90 Å². The maximum absolute atomic E-state index is 13.1. The Morgan fingerprint density at radius 1 is 1.12 bits per heavy atom. The normalized spacial score (nSPS) is 23.7. The Balaban J connectivity index is 1.91. The first-order valence-electron chi connectivity index (χ1n) is 8.93. The molecule has 0 N–H and O–H groups in total. The van der Waals surface area contributed by atoms with Crippen LogP contribution in [0.4, 0.5) is 0 Å². The number of carboxylic acids is 1. The van der Waals surface area contributed by atoms with E-state index in [2.05, 4.69) is 0 Å². The van der Waals surface area contributed by atoms with Crippen molar-refractivity contribution in [2.75, 3.05) is 20.0 Å². The third kappa shape index (κ3) is 3.63. The molecule has 1 aliphatic carbocycles. The van der Waals surface area contributed by atoms with Crippen LogP contribution in [0.2, 0.25) is 0 Å². The molecule has 1 aromatic carbocycles. The van der Waals surface area contributed by atoms with Gasteiger partial charge in [0.25, 0.3) is 0 Å². The van der Waals surface area contributed by atoms with E-state index in [-0.39, 0.29) is 17.2 Å². The molecule has 2 aliphatic rings. The zero-order valence-electron chi connectivity index (χ0n) is 15.1. The van der Waals surface area contributed by atoms with Crippen molar-refractivity contribution in [3.8, 4) is 11.5 Å². The Morgan fingerprint density at radius 3 is 2.42 bits per heavy atom. The predicted octanol–water partition coefficient (Wildman–Crippen LogP) is 1.98. The highest BCUT2D eigenvalue weighted by molar-refractivity contribution is 7.99. The van der Waals surface area contributed by atoms with Crippen LogP contribution >= 0.6 is 11.8 Å². The summed E-state index contributed by atoms with van der Waals surface area (Å²) in [5.41, 5.74) is 0.834. The van der Waals surface area contributed by atoms with Gasteiger partial charge in [-0.05, 0) is 30.5 Å². The van der Waals surface area contributed by atoms with Gasteiger partial charge < -0.3 is 24.3 Å². The first-order chi connectivity index (χ1) is 12.6. The fourth-order valence-electron chi connectivity index (χ4n) is 3.78. The summed E-state index contributed by atoms with van der Waals surface area (Å²) in [7, 11) is 3.12. The van der Waals surface area contributed by atoms with Crippen molar-refractivity contribution in [2.45, 2.75) is 43.5 Å². The smallest absolute Gasteiger partial charge is 0.227 e. The summed E-state index contributed by atoms with van der Waals surface area (Å²) in [6.07, 6.45) is 4.85. The van der Waals surface area contributed by atoms with Crippen molar-refractivity contribution in [3.63, 3.8) is 0 Å². The number of hydrogen-bond donors (Lipinski definition) is 0. The first kappa shape index (κ1) is 18.9. The van der Waals surface area contributed by atoms with Crippen molar-refractivity contribution < 1.29 is 24.2 Å². The lowest BCUT2D eigenvalue weighted by atomic mass is 9.88. The molecule has 0 unspecified atom stereocenters. The fraction of sp³-hybridized carbons (Fsp3) is 0.579. The summed E-state index contributed by atoms with van der Waals surface area (Å²) in [5.74, 6) is 0.147. The van der Waals surface area contributed by atoms with Gasteiger partial charge in [-0.1, -0.05) is 25.3 Å². The second-order valence-electron chi connectivity index (χ2n) is 6.72. The minimum absolute atomic E-state index is 0.0660. The van der Waals surface area contributed by atoms with Crippen LogP contribution < -0.4 is 14.6 Å². The average Bonchev–Trinajstić information content (AvgIpc) is 3.12. The van der Waals surface area contributed by atoms with E-state index in [9.17, 15) is 14.7 Å². The Kier molecular flexibility index (Phi) is 5.96. The van der Waals surface area contributed by atoms with Crippen LogP contribution in [0.5, 0.6) is 11.5 Å². The van der Waals surface area contributed by atoms with E-state index >= 15 is 0 Å². The third-order valence-corrected chi connectivity index (χ3v) is 6.50. The molecular weight excluding hydrogens is 354 g/mol. The molecule has 1 saturated carbocycles. The molecule has 0 radical (unpaired) electrons.